The lowest BCUT2D eigenvalue weighted by atomic mass is 9.82. The maximum atomic E-state index is 12.1. The molecule has 0 unspecified atom stereocenters. The van der Waals surface area contributed by atoms with Gasteiger partial charge in [0, 0.05) is 17.6 Å². The highest BCUT2D eigenvalue weighted by molar-refractivity contribution is 5.98. The highest BCUT2D eigenvalue weighted by Crippen LogP contribution is 2.27. The van der Waals surface area contributed by atoms with E-state index in [1.807, 2.05) is 13.0 Å². The SMILES string of the molecule is Cc1cc(NC(=O)C2(N)CCCCC2)ccn1. The third-order valence-corrected chi connectivity index (χ3v) is 3.35. The van der Waals surface area contributed by atoms with Crippen molar-refractivity contribution in [1.29, 1.82) is 0 Å². The van der Waals surface area contributed by atoms with E-state index in [1.54, 1.807) is 12.3 Å². The van der Waals surface area contributed by atoms with Crippen LogP contribution in [-0.4, -0.2) is 16.4 Å². The summed E-state index contributed by atoms with van der Waals surface area (Å²) >= 11 is 0. The molecule has 0 bridgehead atoms. The standard InChI is InChI=1S/C13H19N3O/c1-10-9-11(5-8-15-10)16-12(17)13(14)6-3-2-4-7-13/h5,8-9H,2-4,6-7,14H2,1H3,(H,15,16,17). The van der Waals surface area contributed by atoms with Gasteiger partial charge in [-0.05, 0) is 31.9 Å². The molecule has 1 amide bonds. The summed E-state index contributed by atoms with van der Waals surface area (Å²) in [5.41, 5.74) is 7.14. The lowest BCUT2D eigenvalue weighted by Crippen LogP contribution is -2.52. The fourth-order valence-corrected chi connectivity index (χ4v) is 2.29. The lowest BCUT2D eigenvalue weighted by molar-refractivity contribution is -0.122. The van der Waals surface area contributed by atoms with Gasteiger partial charge in [0.05, 0.1) is 5.54 Å². The van der Waals surface area contributed by atoms with Crippen LogP contribution >= 0.6 is 0 Å². The molecule has 17 heavy (non-hydrogen) atoms. The summed E-state index contributed by atoms with van der Waals surface area (Å²) in [4.78, 5) is 16.2. The molecule has 2 rings (SSSR count). The van der Waals surface area contributed by atoms with Crippen LogP contribution in [0.15, 0.2) is 18.3 Å². The van der Waals surface area contributed by atoms with Gasteiger partial charge in [0.2, 0.25) is 5.91 Å². The maximum Gasteiger partial charge on any atom is 0.244 e. The molecule has 1 aromatic rings. The largest absolute Gasteiger partial charge is 0.324 e. The van der Waals surface area contributed by atoms with Gasteiger partial charge in [-0.2, -0.15) is 0 Å². The number of nitrogens with one attached hydrogen (secondary N) is 1. The normalized spacial score (nSPS) is 18.7. The van der Waals surface area contributed by atoms with Crippen LogP contribution in [0.2, 0.25) is 0 Å². The van der Waals surface area contributed by atoms with Crippen molar-refractivity contribution in [3.05, 3.63) is 24.0 Å². The van der Waals surface area contributed by atoms with Gasteiger partial charge < -0.3 is 11.1 Å². The summed E-state index contributed by atoms with van der Waals surface area (Å²) in [6.07, 6.45) is 6.51. The average Bonchev–Trinajstić information content (AvgIpc) is 2.30. The van der Waals surface area contributed by atoms with Gasteiger partial charge in [0.1, 0.15) is 0 Å². The Bertz CT molecular complexity index is 411. The molecule has 1 aliphatic rings. The van der Waals surface area contributed by atoms with E-state index in [4.69, 9.17) is 5.73 Å². The second-order valence-electron chi connectivity index (χ2n) is 4.86. The number of hydrogen-bond donors (Lipinski definition) is 2. The van der Waals surface area contributed by atoms with E-state index in [2.05, 4.69) is 10.3 Å². The average molecular weight is 233 g/mol. The van der Waals surface area contributed by atoms with Crippen molar-refractivity contribution < 1.29 is 4.79 Å². The molecule has 0 radical (unpaired) electrons. The zero-order valence-corrected chi connectivity index (χ0v) is 10.2. The van der Waals surface area contributed by atoms with Crippen molar-refractivity contribution >= 4 is 11.6 Å². The fraction of sp³-hybridized carbons (Fsp3) is 0.538. The van der Waals surface area contributed by atoms with Gasteiger partial charge in [0.15, 0.2) is 0 Å². The summed E-state index contributed by atoms with van der Waals surface area (Å²) in [6.45, 7) is 1.90. The summed E-state index contributed by atoms with van der Waals surface area (Å²) < 4.78 is 0. The number of hydrogen-bond acceptors (Lipinski definition) is 3. The third-order valence-electron chi connectivity index (χ3n) is 3.35. The van der Waals surface area contributed by atoms with E-state index in [9.17, 15) is 4.79 Å². The van der Waals surface area contributed by atoms with Crippen molar-refractivity contribution in [1.82, 2.24) is 4.98 Å². The van der Waals surface area contributed by atoms with Crippen LogP contribution in [0.5, 0.6) is 0 Å². The smallest absolute Gasteiger partial charge is 0.244 e. The quantitative estimate of drug-likeness (QED) is 0.820. The number of rotatable bonds is 2. The highest BCUT2D eigenvalue weighted by Gasteiger charge is 2.35. The van der Waals surface area contributed by atoms with E-state index in [-0.39, 0.29) is 5.91 Å². The molecule has 4 heteroatoms. The number of pyridine rings is 1. The predicted octanol–water partition coefficient (Wildman–Crippen LogP) is 1.99. The first kappa shape index (κ1) is 12.0. The van der Waals surface area contributed by atoms with E-state index in [0.29, 0.717) is 0 Å². The van der Waals surface area contributed by atoms with Crippen LogP contribution in [-0.2, 0) is 4.79 Å². The third kappa shape index (κ3) is 2.82. The van der Waals surface area contributed by atoms with E-state index < -0.39 is 5.54 Å². The second-order valence-corrected chi connectivity index (χ2v) is 4.86. The minimum Gasteiger partial charge on any atom is -0.324 e. The van der Waals surface area contributed by atoms with Crippen LogP contribution in [0.4, 0.5) is 5.69 Å². The van der Waals surface area contributed by atoms with Crippen molar-refractivity contribution in [2.45, 2.75) is 44.6 Å². The van der Waals surface area contributed by atoms with Crippen molar-refractivity contribution in [3.8, 4) is 0 Å². The van der Waals surface area contributed by atoms with Gasteiger partial charge >= 0.3 is 0 Å². The molecule has 3 N–H and O–H groups in total. The Morgan fingerprint density at radius 3 is 2.76 bits per heavy atom. The Kier molecular flexibility index (Phi) is 3.43. The van der Waals surface area contributed by atoms with Crippen LogP contribution in [0.25, 0.3) is 0 Å². The molecule has 0 aliphatic heterocycles. The van der Waals surface area contributed by atoms with E-state index >= 15 is 0 Å². The Labute approximate surface area is 102 Å². The Balaban J connectivity index is 2.05. The number of nitrogens with zero attached hydrogens (tertiary/aromatic N) is 1. The van der Waals surface area contributed by atoms with Gasteiger partial charge in [-0.1, -0.05) is 19.3 Å². The molecule has 1 saturated carbocycles. The minimum atomic E-state index is -0.685. The fourth-order valence-electron chi connectivity index (χ4n) is 2.29. The van der Waals surface area contributed by atoms with Crippen molar-refractivity contribution in [3.63, 3.8) is 0 Å². The first-order valence-corrected chi connectivity index (χ1v) is 6.13. The predicted molar refractivity (Wildman–Crippen MR) is 67.6 cm³/mol. The number of nitrogens with two attached hydrogens (primary N) is 1. The first-order chi connectivity index (χ1) is 8.10. The number of aromatic nitrogens is 1. The Morgan fingerprint density at radius 2 is 2.12 bits per heavy atom. The molecule has 0 saturated heterocycles. The second kappa shape index (κ2) is 4.84. The molecule has 0 atom stereocenters. The summed E-state index contributed by atoms with van der Waals surface area (Å²) in [5, 5.41) is 2.89. The zero-order chi connectivity index (χ0) is 12.3. The van der Waals surface area contributed by atoms with Crippen molar-refractivity contribution in [2.24, 2.45) is 5.73 Å². The van der Waals surface area contributed by atoms with Gasteiger partial charge in [0.25, 0.3) is 0 Å². The van der Waals surface area contributed by atoms with Crippen LogP contribution < -0.4 is 11.1 Å². The van der Waals surface area contributed by atoms with Crippen molar-refractivity contribution in [2.75, 3.05) is 5.32 Å². The van der Waals surface area contributed by atoms with Gasteiger partial charge in [-0.15, -0.1) is 0 Å². The molecule has 1 aromatic heterocycles. The number of amides is 1. The zero-order valence-electron chi connectivity index (χ0n) is 10.2. The van der Waals surface area contributed by atoms with Crippen LogP contribution in [0.3, 0.4) is 0 Å². The molecule has 1 heterocycles. The monoisotopic (exact) mass is 233 g/mol. The Hall–Kier alpha value is -1.42. The number of carbonyl (C=O) groups is 1. The summed E-state index contributed by atoms with van der Waals surface area (Å²) in [6, 6.07) is 3.64. The first-order valence-electron chi connectivity index (χ1n) is 6.13. The number of aryl methyl sites for hydroxylation is 1. The van der Waals surface area contributed by atoms with Crippen LogP contribution in [0.1, 0.15) is 37.8 Å². The molecule has 0 spiro atoms. The van der Waals surface area contributed by atoms with E-state index in [1.165, 1.54) is 6.42 Å². The van der Waals surface area contributed by atoms with Gasteiger partial charge in [-0.3, -0.25) is 9.78 Å². The number of carbonyl (C=O) groups excluding carboxylic acids is 1. The molecule has 1 aliphatic carbocycles. The highest BCUT2D eigenvalue weighted by atomic mass is 16.2. The molecule has 4 nitrogen and oxygen atoms in total. The van der Waals surface area contributed by atoms with Crippen LogP contribution in [0, 0.1) is 6.92 Å². The van der Waals surface area contributed by atoms with E-state index in [0.717, 1.165) is 37.1 Å². The summed E-state index contributed by atoms with van der Waals surface area (Å²) in [7, 11) is 0. The molecule has 1 fully saturated rings. The molecular formula is C13H19N3O. The summed E-state index contributed by atoms with van der Waals surface area (Å²) in [5.74, 6) is -0.0669. The number of anilines is 1. The lowest BCUT2D eigenvalue weighted by Gasteiger charge is -2.31. The molecule has 92 valence electrons. The molecular weight excluding hydrogens is 214 g/mol. The Morgan fingerprint density at radius 1 is 1.41 bits per heavy atom. The maximum absolute atomic E-state index is 12.1. The molecule has 0 aromatic carbocycles. The minimum absolute atomic E-state index is 0.0669. The van der Waals surface area contributed by atoms with Gasteiger partial charge in [-0.25, -0.2) is 0 Å². The topological polar surface area (TPSA) is 68.0 Å².